The summed E-state index contributed by atoms with van der Waals surface area (Å²) >= 11 is 0. The highest BCUT2D eigenvalue weighted by atomic mass is 16.1. The normalized spacial score (nSPS) is 13.2. The summed E-state index contributed by atoms with van der Waals surface area (Å²) in [4.78, 5) is 29.4. The number of nitrogens with two attached hydrogens (primary N) is 1. The summed E-state index contributed by atoms with van der Waals surface area (Å²) in [5.41, 5.74) is 8.78. The standard InChI is InChI=1S/C17H18N8O/c18-17-23-13-6-2-1-5-12(13)14(24-17)16(26)21-8-11-4-3-7-20-15(11)25-10-19-9-22-25/h3-4,7,9-10H,1-2,5-6,8H2,(H,21,26)(H2,18,23,24). The molecule has 0 saturated carbocycles. The Labute approximate surface area is 149 Å². The van der Waals surface area contributed by atoms with Gasteiger partial charge < -0.3 is 11.1 Å². The average molecular weight is 350 g/mol. The molecule has 0 spiro atoms. The van der Waals surface area contributed by atoms with E-state index in [1.165, 1.54) is 6.33 Å². The van der Waals surface area contributed by atoms with E-state index in [0.29, 0.717) is 18.1 Å². The molecule has 0 aliphatic heterocycles. The number of hydrogen-bond donors (Lipinski definition) is 2. The monoisotopic (exact) mass is 350 g/mol. The summed E-state index contributed by atoms with van der Waals surface area (Å²) in [7, 11) is 0. The van der Waals surface area contributed by atoms with Crippen molar-refractivity contribution in [1.82, 2.24) is 35.0 Å². The molecule has 1 aliphatic rings. The number of hydrogen-bond acceptors (Lipinski definition) is 7. The first-order valence-corrected chi connectivity index (χ1v) is 8.44. The smallest absolute Gasteiger partial charge is 0.270 e. The largest absolute Gasteiger partial charge is 0.368 e. The van der Waals surface area contributed by atoms with Gasteiger partial charge in [-0.3, -0.25) is 4.79 Å². The van der Waals surface area contributed by atoms with Crippen LogP contribution in [0.4, 0.5) is 5.95 Å². The van der Waals surface area contributed by atoms with E-state index in [1.54, 1.807) is 17.2 Å². The summed E-state index contributed by atoms with van der Waals surface area (Å²) in [5, 5.41) is 7.00. The minimum absolute atomic E-state index is 0.139. The van der Waals surface area contributed by atoms with Crippen LogP contribution in [-0.2, 0) is 19.4 Å². The SMILES string of the molecule is Nc1nc2c(c(C(=O)NCc3cccnc3-n3cncn3)n1)CCCC2. The van der Waals surface area contributed by atoms with Crippen LogP contribution in [0, 0.1) is 0 Å². The summed E-state index contributed by atoms with van der Waals surface area (Å²) in [6.45, 7) is 0.292. The van der Waals surface area contributed by atoms with Crippen LogP contribution in [-0.4, -0.2) is 35.6 Å². The van der Waals surface area contributed by atoms with E-state index in [1.807, 2.05) is 12.1 Å². The quantitative estimate of drug-likeness (QED) is 0.714. The zero-order valence-corrected chi connectivity index (χ0v) is 14.1. The molecule has 0 fully saturated rings. The topological polar surface area (TPSA) is 124 Å². The molecule has 3 N–H and O–H groups in total. The number of aromatic nitrogens is 6. The van der Waals surface area contributed by atoms with Crippen molar-refractivity contribution < 1.29 is 4.79 Å². The van der Waals surface area contributed by atoms with Crippen LogP contribution >= 0.6 is 0 Å². The van der Waals surface area contributed by atoms with E-state index in [0.717, 1.165) is 42.5 Å². The molecule has 4 rings (SSSR count). The van der Waals surface area contributed by atoms with Gasteiger partial charge in [0.25, 0.3) is 5.91 Å². The first-order chi connectivity index (χ1) is 12.7. The highest BCUT2D eigenvalue weighted by molar-refractivity contribution is 5.94. The Morgan fingerprint density at radius 2 is 2.15 bits per heavy atom. The van der Waals surface area contributed by atoms with Crippen molar-refractivity contribution in [3.63, 3.8) is 0 Å². The maximum absolute atomic E-state index is 12.7. The molecule has 3 heterocycles. The maximum atomic E-state index is 12.7. The Bertz CT molecular complexity index is 938. The molecule has 0 saturated heterocycles. The fraction of sp³-hybridized carbons (Fsp3) is 0.294. The van der Waals surface area contributed by atoms with Gasteiger partial charge in [-0.15, -0.1) is 0 Å². The van der Waals surface area contributed by atoms with Crippen molar-refractivity contribution in [3.05, 3.63) is 53.5 Å². The summed E-state index contributed by atoms with van der Waals surface area (Å²) in [5.74, 6) is 0.501. The number of aryl methyl sites for hydroxylation is 1. The third-order valence-electron chi connectivity index (χ3n) is 4.36. The summed E-state index contributed by atoms with van der Waals surface area (Å²) < 4.78 is 1.56. The van der Waals surface area contributed by atoms with Crippen LogP contribution in [0.2, 0.25) is 0 Å². The van der Waals surface area contributed by atoms with E-state index in [2.05, 4.69) is 30.4 Å². The van der Waals surface area contributed by atoms with Crippen LogP contribution in [0.25, 0.3) is 5.82 Å². The maximum Gasteiger partial charge on any atom is 0.270 e. The van der Waals surface area contributed by atoms with Crippen molar-refractivity contribution in [3.8, 4) is 5.82 Å². The van der Waals surface area contributed by atoms with Crippen LogP contribution in [0.3, 0.4) is 0 Å². The molecule has 1 aliphatic carbocycles. The fourth-order valence-electron chi connectivity index (χ4n) is 3.15. The zero-order valence-electron chi connectivity index (χ0n) is 14.1. The molecular formula is C17H18N8O. The van der Waals surface area contributed by atoms with Crippen LogP contribution in [0.5, 0.6) is 0 Å². The highest BCUT2D eigenvalue weighted by Crippen LogP contribution is 2.23. The number of amides is 1. The Kier molecular flexibility index (Phi) is 4.26. The summed E-state index contributed by atoms with van der Waals surface area (Å²) in [6.07, 6.45) is 8.39. The minimum Gasteiger partial charge on any atom is -0.368 e. The number of nitrogen functional groups attached to an aromatic ring is 1. The molecule has 26 heavy (non-hydrogen) atoms. The molecule has 0 atom stereocenters. The Morgan fingerprint density at radius 1 is 1.27 bits per heavy atom. The van der Waals surface area contributed by atoms with E-state index in [-0.39, 0.29) is 11.9 Å². The first-order valence-electron chi connectivity index (χ1n) is 8.44. The van der Waals surface area contributed by atoms with Gasteiger partial charge in [0.15, 0.2) is 5.82 Å². The lowest BCUT2D eigenvalue weighted by atomic mass is 9.94. The highest BCUT2D eigenvalue weighted by Gasteiger charge is 2.21. The average Bonchev–Trinajstić information content (AvgIpc) is 3.20. The Morgan fingerprint density at radius 3 is 3.00 bits per heavy atom. The number of fused-ring (bicyclic) bond motifs is 1. The van der Waals surface area contributed by atoms with E-state index in [4.69, 9.17) is 5.73 Å². The molecule has 9 heteroatoms. The van der Waals surface area contributed by atoms with Crippen molar-refractivity contribution in [2.45, 2.75) is 32.2 Å². The third-order valence-corrected chi connectivity index (χ3v) is 4.36. The number of rotatable bonds is 4. The molecule has 9 nitrogen and oxygen atoms in total. The van der Waals surface area contributed by atoms with Gasteiger partial charge in [-0.1, -0.05) is 6.07 Å². The van der Waals surface area contributed by atoms with Crippen LogP contribution < -0.4 is 11.1 Å². The van der Waals surface area contributed by atoms with Gasteiger partial charge in [-0.2, -0.15) is 5.10 Å². The molecule has 0 bridgehead atoms. The second-order valence-electron chi connectivity index (χ2n) is 6.07. The lowest BCUT2D eigenvalue weighted by Gasteiger charge is -2.18. The molecule has 132 valence electrons. The van der Waals surface area contributed by atoms with Gasteiger partial charge in [0, 0.05) is 29.6 Å². The number of nitrogens with one attached hydrogen (secondary N) is 1. The molecule has 0 radical (unpaired) electrons. The predicted octanol–water partition coefficient (Wildman–Crippen LogP) is 0.843. The van der Waals surface area contributed by atoms with Crippen LogP contribution in [0.1, 0.15) is 40.2 Å². The Balaban J connectivity index is 1.57. The minimum atomic E-state index is -0.259. The third kappa shape index (κ3) is 3.10. The van der Waals surface area contributed by atoms with E-state index in [9.17, 15) is 4.79 Å². The van der Waals surface area contributed by atoms with Gasteiger partial charge in [0.05, 0.1) is 0 Å². The molecule has 3 aromatic rings. The number of anilines is 1. The molecule has 0 aromatic carbocycles. The number of pyridine rings is 1. The number of nitrogens with zero attached hydrogens (tertiary/aromatic N) is 6. The number of carbonyl (C=O) groups is 1. The molecule has 1 amide bonds. The van der Waals surface area contributed by atoms with Gasteiger partial charge in [-0.25, -0.2) is 24.6 Å². The predicted molar refractivity (Wildman–Crippen MR) is 93.4 cm³/mol. The van der Waals surface area contributed by atoms with Crippen LogP contribution in [0.15, 0.2) is 31.0 Å². The van der Waals surface area contributed by atoms with Gasteiger partial charge in [-0.05, 0) is 31.7 Å². The lowest BCUT2D eigenvalue weighted by molar-refractivity contribution is 0.0944. The molecular weight excluding hydrogens is 332 g/mol. The second-order valence-corrected chi connectivity index (χ2v) is 6.07. The van der Waals surface area contributed by atoms with E-state index < -0.39 is 0 Å². The van der Waals surface area contributed by atoms with E-state index >= 15 is 0 Å². The fourth-order valence-corrected chi connectivity index (χ4v) is 3.15. The van der Waals surface area contributed by atoms with Crippen molar-refractivity contribution >= 4 is 11.9 Å². The molecule has 3 aromatic heterocycles. The lowest BCUT2D eigenvalue weighted by Crippen LogP contribution is -2.28. The van der Waals surface area contributed by atoms with Crippen molar-refractivity contribution in [2.75, 3.05) is 5.73 Å². The molecule has 0 unspecified atom stereocenters. The summed E-state index contributed by atoms with van der Waals surface area (Å²) in [6, 6.07) is 3.69. The zero-order chi connectivity index (χ0) is 17.9. The van der Waals surface area contributed by atoms with Gasteiger partial charge >= 0.3 is 0 Å². The van der Waals surface area contributed by atoms with Crippen molar-refractivity contribution in [1.29, 1.82) is 0 Å². The van der Waals surface area contributed by atoms with Crippen molar-refractivity contribution in [2.24, 2.45) is 0 Å². The first kappa shape index (κ1) is 16.1. The second kappa shape index (κ2) is 6.87. The Hall–Kier alpha value is -3.36. The van der Waals surface area contributed by atoms with Gasteiger partial charge in [0.2, 0.25) is 5.95 Å². The van der Waals surface area contributed by atoms with Gasteiger partial charge in [0.1, 0.15) is 18.3 Å². The number of carbonyl (C=O) groups excluding carboxylic acids is 1.